The van der Waals surface area contributed by atoms with Gasteiger partial charge in [-0.15, -0.1) is 11.8 Å². The van der Waals surface area contributed by atoms with Gasteiger partial charge in [-0.3, -0.25) is 0 Å². The van der Waals surface area contributed by atoms with Crippen molar-refractivity contribution in [2.75, 3.05) is 23.9 Å². The molecule has 0 aliphatic carbocycles. The third-order valence-electron chi connectivity index (χ3n) is 2.90. The molecule has 4 heteroatoms. The van der Waals surface area contributed by atoms with Crippen LogP contribution in [0.2, 0.25) is 0 Å². The summed E-state index contributed by atoms with van der Waals surface area (Å²) in [6, 6.07) is 14.6. The minimum absolute atomic E-state index is 0.770. The molecule has 3 N–H and O–H groups in total. The molecule has 0 bridgehead atoms. The summed E-state index contributed by atoms with van der Waals surface area (Å²) in [7, 11) is 0. The smallest absolute Gasteiger partial charge is 0.0574 e. The minimum Gasteiger partial charge on any atom is -0.397 e. The van der Waals surface area contributed by atoms with Crippen molar-refractivity contribution in [2.45, 2.75) is 11.3 Å². The molecule has 0 unspecified atom stereocenters. The van der Waals surface area contributed by atoms with Crippen molar-refractivity contribution in [3.05, 3.63) is 52.5 Å². The number of benzene rings is 2. The first-order valence-electron chi connectivity index (χ1n) is 6.11. The van der Waals surface area contributed by atoms with E-state index in [1.54, 1.807) is 11.8 Å². The topological polar surface area (TPSA) is 38.0 Å². The number of rotatable bonds is 5. The Morgan fingerprint density at radius 1 is 1.16 bits per heavy atom. The number of nitrogens with two attached hydrogens (primary N) is 1. The standard InChI is InChI=1S/C15H17BrN2S/c1-19-13-5-2-11(3-6-13)8-9-18-15-7-4-12(16)10-14(15)17/h2-7,10,18H,8-9,17H2,1H3. The summed E-state index contributed by atoms with van der Waals surface area (Å²) in [6.45, 7) is 0.879. The fourth-order valence-electron chi connectivity index (χ4n) is 1.83. The maximum atomic E-state index is 5.94. The molecule has 19 heavy (non-hydrogen) atoms. The first-order valence-corrected chi connectivity index (χ1v) is 8.12. The highest BCUT2D eigenvalue weighted by Crippen LogP contribution is 2.23. The Kier molecular flexibility index (Phi) is 5.16. The Balaban J connectivity index is 1.88. The van der Waals surface area contributed by atoms with E-state index in [4.69, 9.17) is 5.73 Å². The molecule has 100 valence electrons. The summed E-state index contributed by atoms with van der Waals surface area (Å²) in [5, 5.41) is 3.37. The quantitative estimate of drug-likeness (QED) is 0.627. The van der Waals surface area contributed by atoms with Crippen LogP contribution in [0.3, 0.4) is 0 Å². The van der Waals surface area contributed by atoms with Crippen molar-refractivity contribution in [1.29, 1.82) is 0 Å². The molecule has 0 heterocycles. The van der Waals surface area contributed by atoms with Crippen LogP contribution in [0.5, 0.6) is 0 Å². The number of hydrogen-bond donors (Lipinski definition) is 2. The molecule has 0 saturated heterocycles. The van der Waals surface area contributed by atoms with E-state index in [1.165, 1.54) is 10.5 Å². The second kappa shape index (κ2) is 6.87. The average Bonchev–Trinajstić information content (AvgIpc) is 2.42. The highest BCUT2D eigenvalue weighted by molar-refractivity contribution is 9.10. The molecule has 0 radical (unpaired) electrons. The second-order valence-corrected chi connectivity index (χ2v) is 6.05. The van der Waals surface area contributed by atoms with Crippen LogP contribution in [0.25, 0.3) is 0 Å². The van der Waals surface area contributed by atoms with Gasteiger partial charge in [0.05, 0.1) is 11.4 Å². The van der Waals surface area contributed by atoms with E-state index in [-0.39, 0.29) is 0 Å². The first-order chi connectivity index (χ1) is 9.19. The lowest BCUT2D eigenvalue weighted by Crippen LogP contribution is -2.06. The maximum Gasteiger partial charge on any atom is 0.0574 e. The maximum absolute atomic E-state index is 5.94. The van der Waals surface area contributed by atoms with Crippen LogP contribution in [0, 0.1) is 0 Å². The molecule has 0 spiro atoms. The van der Waals surface area contributed by atoms with Gasteiger partial charge in [-0.05, 0) is 48.6 Å². The van der Waals surface area contributed by atoms with Crippen LogP contribution < -0.4 is 11.1 Å². The predicted octanol–water partition coefficient (Wildman–Crippen LogP) is 4.41. The van der Waals surface area contributed by atoms with Crippen molar-refractivity contribution in [2.24, 2.45) is 0 Å². The van der Waals surface area contributed by atoms with Crippen LogP contribution in [0.15, 0.2) is 51.8 Å². The number of anilines is 2. The molecule has 0 saturated carbocycles. The van der Waals surface area contributed by atoms with Gasteiger partial charge in [0.2, 0.25) is 0 Å². The molecular weight excluding hydrogens is 320 g/mol. The van der Waals surface area contributed by atoms with Crippen molar-refractivity contribution in [3.63, 3.8) is 0 Å². The van der Waals surface area contributed by atoms with Crippen molar-refractivity contribution in [3.8, 4) is 0 Å². The molecule has 0 aliphatic rings. The summed E-state index contributed by atoms with van der Waals surface area (Å²) >= 11 is 5.17. The first kappa shape index (κ1) is 14.3. The number of halogens is 1. The highest BCUT2D eigenvalue weighted by Gasteiger charge is 1.99. The van der Waals surface area contributed by atoms with E-state index < -0.39 is 0 Å². The normalized spacial score (nSPS) is 10.4. The fraction of sp³-hybridized carbons (Fsp3) is 0.200. The summed E-state index contributed by atoms with van der Waals surface area (Å²) in [6.07, 6.45) is 3.08. The van der Waals surface area contributed by atoms with Crippen molar-refractivity contribution >= 4 is 39.1 Å². The molecule has 0 amide bonds. The molecule has 2 aromatic rings. The Labute approximate surface area is 126 Å². The molecule has 0 fully saturated rings. The molecule has 2 aromatic carbocycles. The van der Waals surface area contributed by atoms with E-state index in [9.17, 15) is 0 Å². The van der Waals surface area contributed by atoms with E-state index in [2.05, 4.69) is 51.8 Å². The lowest BCUT2D eigenvalue weighted by atomic mass is 10.1. The zero-order chi connectivity index (χ0) is 13.7. The molecule has 0 aromatic heterocycles. The monoisotopic (exact) mass is 336 g/mol. The molecule has 2 nitrogen and oxygen atoms in total. The number of nitrogens with one attached hydrogen (secondary N) is 1. The third kappa shape index (κ3) is 4.18. The zero-order valence-electron chi connectivity index (χ0n) is 10.8. The predicted molar refractivity (Wildman–Crippen MR) is 89.0 cm³/mol. The van der Waals surface area contributed by atoms with Gasteiger partial charge >= 0.3 is 0 Å². The Morgan fingerprint density at radius 2 is 1.89 bits per heavy atom. The number of hydrogen-bond acceptors (Lipinski definition) is 3. The Hall–Kier alpha value is -1.13. The van der Waals surface area contributed by atoms with Crippen molar-refractivity contribution < 1.29 is 0 Å². The number of thioether (sulfide) groups is 1. The fourth-order valence-corrected chi connectivity index (χ4v) is 2.62. The minimum atomic E-state index is 0.770. The second-order valence-electron chi connectivity index (χ2n) is 4.26. The summed E-state index contributed by atoms with van der Waals surface area (Å²) < 4.78 is 1.00. The van der Waals surface area contributed by atoms with Crippen LogP contribution in [-0.4, -0.2) is 12.8 Å². The van der Waals surface area contributed by atoms with Gasteiger partial charge in [0.1, 0.15) is 0 Å². The van der Waals surface area contributed by atoms with E-state index in [1.807, 2.05) is 18.2 Å². The lowest BCUT2D eigenvalue weighted by molar-refractivity contribution is 1.02. The van der Waals surface area contributed by atoms with E-state index in [0.717, 1.165) is 28.8 Å². The molecule has 0 atom stereocenters. The zero-order valence-corrected chi connectivity index (χ0v) is 13.2. The highest BCUT2D eigenvalue weighted by atomic mass is 79.9. The third-order valence-corrected chi connectivity index (χ3v) is 4.14. The van der Waals surface area contributed by atoms with E-state index in [0.29, 0.717) is 0 Å². The number of nitrogen functional groups attached to an aromatic ring is 1. The lowest BCUT2D eigenvalue weighted by Gasteiger charge is -2.09. The molecule has 2 rings (SSSR count). The van der Waals surface area contributed by atoms with Crippen LogP contribution in [-0.2, 0) is 6.42 Å². The summed E-state index contributed by atoms with van der Waals surface area (Å²) in [5.41, 5.74) is 9.04. The van der Waals surface area contributed by atoms with Gasteiger partial charge in [0.15, 0.2) is 0 Å². The Bertz CT molecular complexity index is 540. The van der Waals surface area contributed by atoms with Crippen LogP contribution in [0.4, 0.5) is 11.4 Å². The largest absolute Gasteiger partial charge is 0.397 e. The van der Waals surface area contributed by atoms with Gasteiger partial charge < -0.3 is 11.1 Å². The molecule has 0 aliphatic heterocycles. The van der Waals surface area contributed by atoms with E-state index >= 15 is 0 Å². The van der Waals surface area contributed by atoms with Gasteiger partial charge in [0, 0.05) is 15.9 Å². The average molecular weight is 337 g/mol. The van der Waals surface area contributed by atoms with Gasteiger partial charge in [-0.2, -0.15) is 0 Å². The van der Waals surface area contributed by atoms with Gasteiger partial charge in [-0.1, -0.05) is 28.1 Å². The SMILES string of the molecule is CSc1ccc(CCNc2ccc(Br)cc2N)cc1. The summed E-state index contributed by atoms with van der Waals surface area (Å²) in [4.78, 5) is 1.30. The van der Waals surface area contributed by atoms with Crippen LogP contribution in [0.1, 0.15) is 5.56 Å². The molecular formula is C15H17BrN2S. The van der Waals surface area contributed by atoms with Crippen LogP contribution >= 0.6 is 27.7 Å². The summed E-state index contributed by atoms with van der Waals surface area (Å²) in [5.74, 6) is 0. The van der Waals surface area contributed by atoms with Gasteiger partial charge in [-0.25, -0.2) is 0 Å². The Morgan fingerprint density at radius 3 is 2.53 bits per heavy atom. The van der Waals surface area contributed by atoms with Gasteiger partial charge in [0.25, 0.3) is 0 Å². The van der Waals surface area contributed by atoms with Crippen molar-refractivity contribution in [1.82, 2.24) is 0 Å².